The Balaban J connectivity index is 1.93. The molecule has 0 atom stereocenters. The summed E-state index contributed by atoms with van der Waals surface area (Å²) in [5, 5.41) is 5.34. The van der Waals surface area contributed by atoms with Crippen LogP contribution in [0.25, 0.3) is 0 Å². The Morgan fingerprint density at radius 2 is 2.33 bits per heavy atom. The highest BCUT2D eigenvalue weighted by Crippen LogP contribution is 2.13. The first-order valence-electron chi connectivity index (χ1n) is 5.66. The molecule has 1 aromatic carbocycles. The second kappa shape index (κ2) is 5.03. The highest BCUT2D eigenvalue weighted by Gasteiger charge is 2.25. The molecule has 1 aliphatic rings. The van der Waals surface area contributed by atoms with Gasteiger partial charge in [0.25, 0.3) is 0 Å². The topological polar surface area (TPSA) is 61.4 Å². The number of carbonyl (C=O) groups is 2. The van der Waals surface area contributed by atoms with Crippen molar-refractivity contribution in [2.24, 2.45) is 0 Å². The van der Waals surface area contributed by atoms with Crippen molar-refractivity contribution in [1.29, 1.82) is 0 Å². The largest absolute Gasteiger partial charge is 0.376 e. The molecule has 1 aromatic rings. The molecule has 0 unspecified atom stereocenters. The Labute approximate surface area is 104 Å². The smallest absolute Gasteiger partial charge is 0.324 e. The molecule has 6 heteroatoms. The lowest BCUT2D eigenvalue weighted by Crippen LogP contribution is -2.38. The molecule has 0 aliphatic carbocycles. The molecule has 1 heterocycles. The summed E-state index contributed by atoms with van der Waals surface area (Å²) in [6.45, 7) is 2.49. The van der Waals surface area contributed by atoms with E-state index in [1.165, 1.54) is 6.07 Å². The van der Waals surface area contributed by atoms with Crippen LogP contribution in [-0.2, 0) is 4.79 Å². The molecule has 1 saturated heterocycles. The third-order valence-corrected chi connectivity index (χ3v) is 2.77. The number of carbonyl (C=O) groups excluding carboxylic acids is 2. The van der Waals surface area contributed by atoms with Gasteiger partial charge in [0.2, 0.25) is 5.91 Å². The Morgan fingerprint density at radius 1 is 1.56 bits per heavy atom. The Morgan fingerprint density at radius 3 is 2.94 bits per heavy atom. The van der Waals surface area contributed by atoms with Crippen molar-refractivity contribution < 1.29 is 14.0 Å². The van der Waals surface area contributed by atoms with Gasteiger partial charge in [0.1, 0.15) is 5.82 Å². The van der Waals surface area contributed by atoms with E-state index in [0.717, 1.165) is 4.90 Å². The average Bonchev–Trinajstić information content (AvgIpc) is 2.77. The van der Waals surface area contributed by atoms with Crippen LogP contribution in [0.4, 0.5) is 14.9 Å². The Kier molecular flexibility index (Phi) is 3.45. The molecule has 0 spiro atoms. The van der Waals surface area contributed by atoms with Crippen molar-refractivity contribution in [1.82, 2.24) is 10.2 Å². The van der Waals surface area contributed by atoms with Gasteiger partial charge < -0.3 is 10.6 Å². The number of hydrogen-bond acceptors (Lipinski definition) is 3. The van der Waals surface area contributed by atoms with Crippen LogP contribution in [0.5, 0.6) is 0 Å². The molecule has 18 heavy (non-hydrogen) atoms. The minimum absolute atomic E-state index is 0.0318. The number of benzene rings is 1. The van der Waals surface area contributed by atoms with E-state index in [4.69, 9.17) is 0 Å². The van der Waals surface area contributed by atoms with E-state index in [9.17, 15) is 14.0 Å². The first-order chi connectivity index (χ1) is 8.58. The minimum atomic E-state index is -0.378. The molecule has 0 radical (unpaired) electrons. The highest BCUT2D eigenvalue weighted by atomic mass is 19.1. The number of anilines is 1. The average molecular weight is 251 g/mol. The fourth-order valence-corrected chi connectivity index (χ4v) is 1.69. The Bertz CT molecular complexity index is 490. The molecule has 5 nitrogen and oxygen atoms in total. The number of amides is 3. The summed E-state index contributed by atoms with van der Waals surface area (Å²) < 4.78 is 13.3. The van der Waals surface area contributed by atoms with Crippen LogP contribution in [0.1, 0.15) is 5.56 Å². The quantitative estimate of drug-likeness (QED) is 0.845. The van der Waals surface area contributed by atoms with E-state index in [0.29, 0.717) is 24.3 Å². The summed E-state index contributed by atoms with van der Waals surface area (Å²) in [7, 11) is 0. The Hall–Kier alpha value is -2.11. The van der Waals surface area contributed by atoms with E-state index in [1.807, 2.05) is 0 Å². The molecule has 3 amide bonds. The summed E-state index contributed by atoms with van der Waals surface area (Å²) in [6, 6.07) is 4.27. The van der Waals surface area contributed by atoms with Crippen molar-refractivity contribution in [2.75, 3.05) is 25.0 Å². The van der Waals surface area contributed by atoms with Gasteiger partial charge in [0, 0.05) is 18.8 Å². The monoisotopic (exact) mass is 251 g/mol. The van der Waals surface area contributed by atoms with Crippen LogP contribution in [0.3, 0.4) is 0 Å². The second-order valence-corrected chi connectivity index (χ2v) is 4.09. The molecule has 2 rings (SSSR count). The molecule has 0 saturated carbocycles. The summed E-state index contributed by atoms with van der Waals surface area (Å²) in [4.78, 5) is 24.1. The maximum Gasteiger partial charge on any atom is 0.324 e. The molecule has 1 aliphatic heterocycles. The van der Waals surface area contributed by atoms with Crippen LogP contribution >= 0.6 is 0 Å². The van der Waals surface area contributed by atoms with Gasteiger partial charge in [-0.2, -0.15) is 0 Å². The number of urea groups is 1. The number of imide groups is 1. The maximum absolute atomic E-state index is 13.3. The number of rotatable bonds is 3. The van der Waals surface area contributed by atoms with Gasteiger partial charge in [0.05, 0.1) is 6.54 Å². The fourth-order valence-electron chi connectivity index (χ4n) is 1.69. The van der Waals surface area contributed by atoms with E-state index in [-0.39, 0.29) is 24.3 Å². The van der Waals surface area contributed by atoms with Gasteiger partial charge in [0.15, 0.2) is 0 Å². The third kappa shape index (κ3) is 2.58. The van der Waals surface area contributed by atoms with Gasteiger partial charge in [-0.05, 0) is 24.6 Å². The fraction of sp³-hybridized carbons (Fsp3) is 0.333. The summed E-state index contributed by atoms with van der Waals surface area (Å²) in [6.07, 6.45) is 0. The zero-order chi connectivity index (χ0) is 13.1. The van der Waals surface area contributed by atoms with Crippen LogP contribution in [0, 0.1) is 12.7 Å². The predicted molar refractivity (Wildman–Crippen MR) is 64.7 cm³/mol. The zero-order valence-electron chi connectivity index (χ0n) is 10.00. The number of nitrogens with zero attached hydrogens (tertiary/aromatic N) is 1. The normalized spacial score (nSPS) is 14.6. The molecule has 0 aromatic heterocycles. The van der Waals surface area contributed by atoms with Crippen molar-refractivity contribution >= 4 is 17.6 Å². The van der Waals surface area contributed by atoms with Crippen molar-refractivity contribution in [2.45, 2.75) is 6.92 Å². The number of aryl methyl sites for hydroxylation is 1. The second-order valence-electron chi connectivity index (χ2n) is 4.09. The van der Waals surface area contributed by atoms with Crippen molar-refractivity contribution in [3.63, 3.8) is 0 Å². The lowest BCUT2D eigenvalue weighted by molar-refractivity contribution is -0.125. The summed E-state index contributed by atoms with van der Waals surface area (Å²) in [5.74, 6) is -0.655. The van der Waals surface area contributed by atoms with Gasteiger partial charge in [-0.15, -0.1) is 0 Å². The minimum Gasteiger partial charge on any atom is -0.376 e. The van der Waals surface area contributed by atoms with Crippen LogP contribution < -0.4 is 10.6 Å². The first-order valence-corrected chi connectivity index (χ1v) is 5.66. The van der Waals surface area contributed by atoms with Gasteiger partial charge in [-0.3, -0.25) is 9.69 Å². The molecule has 1 fully saturated rings. The molecule has 0 bridgehead atoms. The van der Waals surface area contributed by atoms with Crippen LogP contribution in [0.15, 0.2) is 18.2 Å². The van der Waals surface area contributed by atoms with E-state index in [1.54, 1.807) is 19.1 Å². The number of halogens is 1. The van der Waals surface area contributed by atoms with Crippen molar-refractivity contribution in [3.05, 3.63) is 29.6 Å². The lowest BCUT2D eigenvalue weighted by Gasteiger charge is -2.13. The van der Waals surface area contributed by atoms with E-state index in [2.05, 4.69) is 10.6 Å². The van der Waals surface area contributed by atoms with Crippen molar-refractivity contribution in [3.8, 4) is 0 Å². The van der Waals surface area contributed by atoms with Crippen LogP contribution in [0.2, 0.25) is 0 Å². The number of nitrogens with one attached hydrogen (secondary N) is 2. The third-order valence-electron chi connectivity index (χ3n) is 2.77. The molecular weight excluding hydrogens is 237 g/mol. The SMILES string of the molecule is Cc1ccc(NCC(=O)N2CCNC2=O)cc1F. The standard InChI is InChI=1S/C12H14FN3O2/c1-8-2-3-9(6-10(8)13)15-7-11(17)16-5-4-14-12(16)18/h2-3,6,15H,4-5,7H2,1H3,(H,14,18). The van der Waals surface area contributed by atoms with Gasteiger partial charge >= 0.3 is 6.03 Å². The molecule has 96 valence electrons. The predicted octanol–water partition coefficient (Wildman–Crippen LogP) is 1.10. The summed E-state index contributed by atoms with van der Waals surface area (Å²) >= 11 is 0. The van der Waals surface area contributed by atoms with Crippen LogP contribution in [-0.4, -0.2) is 36.5 Å². The maximum atomic E-state index is 13.3. The molecule has 2 N–H and O–H groups in total. The summed E-state index contributed by atoms with van der Waals surface area (Å²) in [5.41, 5.74) is 1.07. The first kappa shape index (κ1) is 12.3. The van der Waals surface area contributed by atoms with Gasteiger partial charge in [-0.25, -0.2) is 9.18 Å². The highest BCUT2D eigenvalue weighted by molar-refractivity contribution is 5.97. The van der Waals surface area contributed by atoms with E-state index < -0.39 is 0 Å². The number of hydrogen-bond donors (Lipinski definition) is 2. The lowest BCUT2D eigenvalue weighted by atomic mass is 10.2. The molecular formula is C12H14FN3O2. The van der Waals surface area contributed by atoms with E-state index >= 15 is 0 Å². The van der Waals surface area contributed by atoms with Gasteiger partial charge in [-0.1, -0.05) is 6.07 Å². The zero-order valence-corrected chi connectivity index (χ0v) is 10.00.